The molecule has 0 fully saturated rings. The second-order valence-corrected chi connectivity index (χ2v) is 3.18. The molecule has 0 aromatic carbocycles. The van der Waals surface area contributed by atoms with E-state index in [2.05, 4.69) is 4.98 Å². The molecule has 0 aliphatic carbocycles. The maximum atomic E-state index is 10.6. The van der Waals surface area contributed by atoms with Gasteiger partial charge in [-0.1, -0.05) is 0 Å². The fraction of sp³-hybridized carbons (Fsp3) is 0.333. The summed E-state index contributed by atoms with van der Waals surface area (Å²) in [5, 5.41) is 8.73. The predicted molar refractivity (Wildman–Crippen MR) is 48.2 cm³/mol. The highest BCUT2D eigenvalue weighted by Crippen LogP contribution is 2.24. The first-order valence-electron chi connectivity index (χ1n) is 4.12. The molecule has 0 spiro atoms. The molecule has 4 nitrogen and oxygen atoms in total. The van der Waals surface area contributed by atoms with Crippen LogP contribution in [0.3, 0.4) is 0 Å². The summed E-state index contributed by atoms with van der Waals surface area (Å²) < 4.78 is 0. The lowest BCUT2D eigenvalue weighted by atomic mass is 10.2. The van der Waals surface area contributed by atoms with Gasteiger partial charge in [0.1, 0.15) is 5.82 Å². The Kier molecular flexibility index (Phi) is 1.69. The van der Waals surface area contributed by atoms with Crippen LogP contribution in [-0.2, 0) is 6.42 Å². The molecular formula is C9H10N2O2. The van der Waals surface area contributed by atoms with E-state index in [0.717, 1.165) is 24.3 Å². The summed E-state index contributed by atoms with van der Waals surface area (Å²) in [4.78, 5) is 16.8. The highest BCUT2D eigenvalue weighted by Gasteiger charge is 2.18. The molecule has 1 N–H and O–H groups in total. The van der Waals surface area contributed by atoms with Gasteiger partial charge in [-0.15, -0.1) is 0 Å². The smallest absolute Gasteiger partial charge is 0.337 e. The van der Waals surface area contributed by atoms with E-state index in [1.165, 1.54) is 6.20 Å². The molecule has 0 unspecified atom stereocenters. The second kappa shape index (κ2) is 2.73. The van der Waals surface area contributed by atoms with E-state index in [4.69, 9.17) is 5.11 Å². The number of rotatable bonds is 1. The lowest BCUT2D eigenvalue weighted by molar-refractivity contribution is 0.0696. The Hall–Kier alpha value is -1.58. The Morgan fingerprint density at radius 3 is 3.15 bits per heavy atom. The maximum Gasteiger partial charge on any atom is 0.337 e. The molecule has 4 heteroatoms. The van der Waals surface area contributed by atoms with Crippen LogP contribution in [0.4, 0.5) is 5.82 Å². The number of carboxylic acid groups (broad SMARTS) is 1. The molecule has 0 saturated carbocycles. The maximum absolute atomic E-state index is 10.6. The average Bonchev–Trinajstić information content (AvgIpc) is 2.47. The molecule has 0 amide bonds. The number of aromatic carboxylic acids is 1. The van der Waals surface area contributed by atoms with E-state index in [-0.39, 0.29) is 5.56 Å². The summed E-state index contributed by atoms with van der Waals surface area (Å²) in [7, 11) is 1.96. The molecule has 2 rings (SSSR count). The van der Waals surface area contributed by atoms with Gasteiger partial charge in [-0.05, 0) is 18.1 Å². The zero-order chi connectivity index (χ0) is 9.42. The normalized spacial score (nSPS) is 14.4. The molecule has 1 aliphatic heterocycles. The van der Waals surface area contributed by atoms with Crippen molar-refractivity contribution >= 4 is 11.8 Å². The molecule has 0 radical (unpaired) electrons. The van der Waals surface area contributed by atoms with E-state index >= 15 is 0 Å². The zero-order valence-electron chi connectivity index (χ0n) is 7.32. The molecular weight excluding hydrogens is 168 g/mol. The molecule has 0 atom stereocenters. The molecule has 1 aromatic rings. The molecule has 0 saturated heterocycles. The zero-order valence-corrected chi connectivity index (χ0v) is 7.32. The number of nitrogens with zero attached hydrogens (tertiary/aromatic N) is 2. The van der Waals surface area contributed by atoms with Gasteiger partial charge in [0, 0.05) is 19.8 Å². The predicted octanol–water partition coefficient (Wildman–Crippen LogP) is 0.772. The Balaban J connectivity index is 2.45. The van der Waals surface area contributed by atoms with Crippen molar-refractivity contribution in [1.82, 2.24) is 4.98 Å². The number of hydrogen-bond acceptors (Lipinski definition) is 3. The van der Waals surface area contributed by atoms with Crippen molar-refractivity contribution in [2.24, 2.45) is 0 Å². The number of carboxylic acids is 1. The largest absolute Gasteiger partial charge is 0.478 e. The first-order valence-corrected chi connectivity index (χ1v) is 4.12. The van der Waals surface area contributed by atoms with Crippen LogP contribution in [0.25, 0.3) is 0 Å². The van der Waals surface area contributed by atoms with Crippen LogP contribution in [0.1, 0.15) is 15.9 Å². The van der Waals surface area contributed by atoms with E-state index < -0.39 is 5.97 Å². The number of hydrogen-bond donors (Lipinski definition) is 1. The van der Waals surface area contributed by atoms with Gasteiger partial charge in [-0.3, -0.25) is 0 Å². The third kappa shape index (κ3) is 1.24. The first kappa shape index (κ1) is 8.04. The Labute approximate surface area is 75.8 Å². The van der Waals surface area contributed by atoms with Crippen LogP contribution in [0.5, 0.6) is 0 Å². The minimum atomic E-state index is -0.912. The van der Waals surface area contributed by atoms with E-state index in [1.54, 1.807) is 6.07 Å². The summed E-state index contributed by atoms with van der Waals surface area (Å²) in [6, 6.07) is 1.70. The number of aromatic nitrogens is 1. The average molecular weight is 178 g/mol. The van der Waals surface area contributed by atoms with Crippen molar-refractivity contribution in [3.8, 4) is 0 Å². The van der Waals surface area contributed by atoms with Gasteiger partial charge in [0.05, 0.1) is 5.56 Å². The van der Waals surface area contributed by atoms with Crippen molar-refractivity contribution in [2.45, 2.75) is 6.42 Å². The monoisotopic (exact) mass is 178 g/mol. The van der Waals surface area contributed by atoms with E-state index in [9.17, 15) is 4.79 Å². The fourth-order valence-corrected chi connectivity index (χ4v) is 1.54. The summed E-state index contributed by atoms with van der Waals surface area (Å²) in [5.41, 5.74) is 1.30. The van der Waals surface area contributed by atoms with Crippen molar-refractivity contribution in [1.29, 1.82) is 0 Å². The van der Waals surface area contributed by atoms with Gasteiger partial charge >= 0.3 is 5.97 Å². The van der Waals surface area contributed by atoms with Crippen LogP contribution in [0, 0.1) is 0 Å². The molecule has 68 valence electrons. The molecule has 1 aliphatic rings. The fourth-order valence-electron chi connectivity index (χ4n) is 1.54. The number of fused-ring (bicyclic) bond motifs is 1. The topological polar surface area (TPSA) is 53.4 Å². The minimum Gasteiger partial charge on any atom is -0.478 e. The quantitative estimate of drug-likeness (QED) is 0.690. The lowest BCUT2D eigenvalue weighted by Crippen LogP contribution is -2.13. The van der Waals surface area contributed by atoms with Gasteiger partial charge in [-0.2, -0.15) is 0 Å². The third-order valence-electron chi connectivity index (χ3n) is 2.27. The standard InChI is InChI=1S/C9H10N2O2/c1-11-3-2-6-4-7(9(12)13)5-10-8(6)11/h4-5H,2-3H2,1H3,(H,12,13). The Morgan fingerprint density at radius 2 is 2.46 bits per heavy atom. The molecule has 2 heterocycles. The third-order valence-corrected chi connectivity index (χ3v) is 2.27. The summed E-state index contributed by atoms with van der Waals surface area (Å²) in [6.07, 6.45) is 2.29. The first-order chi connectivity index (χ1) is 6.18. The SMILES string of the molecule is CN1CCc2cc(C(=O)O)cnc21. The van der Waals surface area contributed by atoms with Crippen molar-refractivity contribution in [3.05, 3.63) is 23.4 Å². The van der Waals surface area contributed by atoms with Crippen LogP contribution in [-0.4, -0.2) is 29.7 Å². The van der Waals surface area contributed by atoms with Gasteiger partial charge in [0.25, 0.3) is 0 Å². The number of pyridine rings is 1. The summed E-state index contributed by atoms with van der Waals surface area (Å²) >= 11 is 0. The van der Waals surface area contributed by atoms with Crippen molar-refractivity contribution < 1.29 is 9.90 Å². The van der Waals surface area contributed by atoms with Crippen molar-refractivity contribution in [3.63, 3.8) is 0 Å². The van der Waals surface area contributed by atoms with Crippen LogP contribution in [0.15, 0.2) is 12.3 Å². The minimum absolute atomic E-state index is 0.272. The van der Waals surface area contributed by atoms with Crippen LogP contribution in [0.2, 0.25) is 0 Å². The second-order valence-electron chi connectivity index (χ2n) is 3.18. The number of likely N-dealkylation sites (N-methyl/N-ethyl adjacent to an activating group) is 1. The van der Waals surface area contributed by atoms with Gasteiger partial charge < -0.3 is 10.0 Å². The summed E-state index contributed by atoms with van der Waals surface area (Å²) in [5.74, 6) is -0.00477. The highest BCUT2D eigenvalue weighted by atomic mass is 16.4. The molecule has 1 aromatic heterocycles. The van der Waals surface area contributed by atoms with E-state index in [1.807, 2.05) is 11.9 Å². The molecule has 13 heavy (non-hydrogen) atoms. The highest BCUT2D eigenvalue weighted by molar-refractivity contribution is 5.88. The lowest BCUT2D eigenvalue weighted by Gasteiger charge is -2.09. The Bertz CT molecular complexity index is 363. The van der Waals surface area contributed by atoms with Gasteiger partial charge in [0.15, 0.2) is 0 Å². The number of carbonyl (C=O) groups is 1. The molecule has 0 bridgehead atoms. The summed E-state index contributed by atoms with van der Waals surface area (Å²) in [6.45, 7) is 0.922. The Morgan fingerprint density at radius 1 is 1.69 bits per heavy atom. The van der Waals surface area contributed by atoms with Crippen molar-refractivity contribution in [2.75, 3.05) is 18.5 Å². The number of anilines is 1. The van der Waals surface area contributed by atoms with Crippen LogP contribution >= 0.6 is 0 Å². The van der Waals surface area contributed by atoms with Crippen LogP contribution < -0.4 is 4.90 Å². The van der Waals surface area contributed by atoms with Gasteiger partial charge in [-0.25, -0.2) is 9.78 Å². The van der Waals surface area contributed by atoms with Gasteiger partial charge in [0.2, 0.25) is 0 Å². The van der Waals surface area contributed by atoms with E-state index in [0.29, 0.717) is 0 Å².